The maximum Gasteiger partial charge on any atom is 0.530 e. The first-order valence-electron chi connectivity index (χ1n) is 9.83. The number of aryl methyl sites for hydroxylation is 2. The molecule has 1 fully saturated rings. The fourth-order valence-corrected chi connectivity index (χ4v) is 5.38. The van der Waals surface area contributed by atoms with Gasteiger partial charge in [-0.3, -0.25) is 23.4 Å². The summed E-state index contributed by atoms with van der Waals surface area (Å²) in [6.45, 7) is 3.53. The Morgan fingerprint density at radius 1 is 1.32 bits per heavy atom. The highest BCUT2D eigenvalue weighted by molar-refractivity contribution is 7.49. The maximum absolute atomic E-state index is 13.0. The minimum Gasteiger partial charge on any atom is -0.403 e. The lowest BCUT2D eigenvalue weighted by molar-refractivity contribution is 0.116. The van der Waals surface area contributed by atoms with E-state index < -0.39 is 25.1 Å². The molecule has 0 saturated heterocycles. The number of aromatic amines is 1. The Morgan fingerprint density at radius 2 is 2.13 bits per heavy atom. The van der Waals surface area contributed by atoms with E-state index in [1.807, 2.05) is 25.1 Å². The van der Waals surface area contributed by atoms with Crippen LogP contribution in [0.3, 0.4) is 0 Å². The van der Waals surface area contributed by atoms with E-state index in [0.29, 0.717) is 24.2 Å². The molecule has 11 nitrogen and oxygen atoms in total. The Kier molecular flexibility index (Phi) is 5.77. The molecule has 4 rings (SSSR count). The smallest absolute Gasteiger partial charge is 0.403 e. The summed E-state index contributed by atoms with van der Waals surface area (Å²) in [5.41, 5.74) is 9.99. The van der Waals surface area contributed by atoms with Crippen LogP contribution in [0.2, 0.25) is 0 Å². The lowest BCUT2D eigenvalue weighted by atomic mass is 10.1. The van der Waals surface area contributed by atoms with Gasteiger partial charge < -0.3 is 4.52 Å². The van der Waals surface area contributed by atoms with Crippen molar-refractivity contribution in [2.75, 3.05) is 6.61 Å². The third-order valence-electron chi connectivity index (χ3n) is 5.69. The van der Waals surface area contributed by atoms with Crippen LogP contribution in [0.4, 0.5) is 0 Å². The van der Waals surface area contributed by atoms with Crippen LogP contribution >= 0.6 is 7.82 Å². The van der Waals surface area contributed by atoms with E-state index in [9.17, 15) is 14.2 Å². The molecule has 1 aliphatic heterocycles. The number of phosphoric ester groups is 1. The van der Waals surface area contributed by atoms with Crippen molar-refractivity contribution in [2.24, 2.45) is 11.0 Å². The number of rotatable bonds is 5. The minimum atomic E-state index is -3.84. The second-order valence-electron chi connectivity index (χ2n) is 7.81. The first-order chi connectivity index (χ1) is 14.8. The number of H-pyrrole nitrogens is 1. The monoisotopic (exact) mass is 447 g/mol. The Morgan fingerprint density at radius 3 is 2.90 bits per heavy atom. The van der Waals surface area contributed by atoms with Gasteiger partial charge in [0.25, 0.3) is 5.56 Å². The number of azide groups is 1. The molecule has 1 aromatic heterocycles. The molecule has 4 atom stereocenters. The summed E-state index contributed by atoms with van der Waals surface area (Å²) in [6, 6.07) is 4.76. The van der Waals surface area contributed by atoms with E-state index >= 15 is 0 Å². The van der Waals surface area contributed by atoms with E-state index in [-0.39, 0.29) is 25.2 Å². The van der Waals surface area contributed by atoms with E-state index in [4.69, 9.17) is 19.1 Å². The topological polar surface area (TPSA) is 148 Å². The quantitative estimate of drug-likeness (QED) is 0.321. The number of nitrogens with one attached hydrogen (secondary N) is 1. The maximum atomic E-state index is 13.0. The molecule has 1 N–H and O–H groups in total. The molecule has 12 heteroatoms. The van der Waals surface area contributed by atoms with Gasteiger partial charge in [-0.2, -0.15) is 0 Å². The zero-order valence-electron chi connectivity index (χ0n) is 17.1. The number of nitrogens with zero attached hydrogens (tertiary/aromatic N) is 4. The molecular weight excluding hydrogens is 425 g/mol. The number of hydrogen-bond acceptors (Lipinski definition) is 7. The van der Waals surface area contributed by atoms with Gasteiger partial charge in [0.15, 0.2) is 0 Å². The van der Waals surface area contributed by atoms with Crippen molar-refractivity contribution in [3.8, 4) is 5.75 Å². The molecular formula is C19H22N5O6P. The highest BCUT2D eigenvalue weighted by Crippen LogP contribution is 2.56. The van der Waals surface area contributed by atoms with Crippen LogP contribution in [-0.2, 0) is 20.2 Å². The van der Waals surface area contributed by atoms with Gasteiger partial charge in [0.1, 0.15) is 5.75 Å². The van der Waals surface area contributed by atoms with Crippen molar-refractivity contribution in [2.45, 2.75) is 45.4 Å². The van der Waals surface area contributed by atoms with Gasteiger partial charge in [0.05, 0.1) is 13.2 Å². The van der Waals surface area contributed by atoms with Crippen LogP contribution in [0, 0.1) is 19.8 Å². The predicted molar refractivity (Wildman–Crippen MR) is 111 cm³/mol. The first kappa shape index (κ1) is 21.4. The van der Waals surface area contributed by atoms with Crippen LogP contribution in [0.25, 0.3) is 10.4 Å². The zero-order chi connectivity index (χ0) is 22.2. The van der Waals surface area contributed by atoms with E-state index in [1.165, 1.54) is 10.8 Å². The lowest BCUT2D eigenvalue weighted by Crippen LogP contribution is -2.32. The summed E-state index contributed by atoms with van der Waals surface area (Å²) in [4.78, 5) is 29.1. The van der Waals surface area contributed by atoms with Crippen molar-refractivity contribution in [3.05, 3.63) is 72.4 Å². The second-order valence-corrected chi connectivity index (χ2v) is 9.40. The van der Waals surface area contributed by atoms with Crippen LogP contribution in [-0.4, -0.2) is 22.2 Å². The number of benzene rings is 1. The molecule has 1 unspecified atom stereocenters. The average Bonchev–Trinajstić information content (AvgIpc) is 3.13. The normalized spacial score (nSPS) is 27.2. The molecule has 164 valence electrons. The van der Waals surface area contributed by atoms with Gasteiger partial charge >= 0.3 is 13.5 Å². The van der Waals surface area contributed by atoms with Gasteiger partial charge in [0, 0.05) is 34.3 Å². The van der Waals surface area contributed by atoms with Crippen molar-refractivity contribution < 1.29 is 18.1 Å². The summed E-state index contributed by atoms with van der Waals surface area (Å²) in [6.07, 6.45) is 2.32. The van der Waals surface area contributed by atoms with E-state index in [2.05, 4.69) is 15.0 Å². The Bertz CT molecular complexity index is 1220. The van der Waals surface area contributed by atoms with Gasteiger partial charge in [-0.15, -0.1) is 0 Å². The van der Waals surface area contributed by atoms with Crippen molar-refractivity contribution >= 4 is 7.82 Å². The van der Waals surface area contributed by atoms with Gasteiger partial charge in [-0.25, -0.2) is 9.36 Å². The Balaban J connectivity index is 1.50. The van der Waals surface area contributed by atoms with Crippen LogP contribution < -0.4 is 15.8 Å². The lowest BCUT2D eigenvalue weighted by Gasteiger charge is -2.27. The summed E-state index contributed by atoms with van der Waals surface area (Å²) >= 11 is 0. The summed E-state index contributed by atoms with van der Waals surface area (Å²) in [5, 5.41) is 3.83. The zero-order valence-corrected chi connectivity index (χ0v) is 17.9. The summed E-state index contributed by atoms with van der Waals surface area (Å²) < 4.78 is 31.0. The highest BCUT2D eigenvalue weighted by Gasteiger charge is 2.40. The SMILES string of the molecule is Cc1cccc2c1OP(=O)(OC[C@H]1C[C@@H](n3cc(C)c(=O)[nH]c3=O)C[C@@H]1N=[N+]=[N-])OC2. The van der Waals surface area contributed by atoms with Gasteiger partial charge in [-0.05, 0) is 43.7 Å². The van der Waals surface area contributed by atoms with Crippen molar-refractivity contribution in [1.82, 2.24) is 9.55 Å². The molecule has 1 aliphatic carbocycles. The molecule has 0 radical (unpaired) electrons. The van der Waals surface area contributed by atoms with Crippen molar-refractivity contribution in [3.63, 3.8) is 0 Å². The standard InChI is InChI=1S/C19H22N5O6P/c1-11-4-3-5-13-9-28-31(27,30-17(11)13)29-10-14-6-15(7-16(14)22-23-20)24-8-12(2)18(25)21-19(24)26/h3-5,8,14-16H,6-7,9-10H2,1-2H3,(H,21,25,26)/t14-,15-,16+,31?/m1/s1. The molecule has 1 saturated carbocycles. The molecule has 2 aromatic rings. The Hall–Kier alpha value is -2.84. The highest BCUT2D eigenvalue weighted by atomic mass is 31.2. The number of hydrogen-bond donors (Lipinski definition) is 1. The van der Waals surface area contributed by atoms with Gasteiger partial charge in [-0.1, -0.05) is 23.3 Å². The molecule has 1 aromatic carbocycles. The molecule has 0 bridgehead atoms. The van der Waals surface area contributed by atoms with E-state index in [1.54, 1.807) is 6.92 Å². The number of aromatic nitrogens is 2. The predicted octanol–water partition coefficient (Wildman–Crippen LogP) is 3.52. The third kappa shape index (κ3) is 4.31. The molecule has 2 heterocycles. The average molecular weight is 447 g/mol. The number of phosphoric acid groups is 1. The summed E-state index contributed by atoms with van der Waals surface area (Å²) in [7, 11) is -3.84. The van der Waals surface area contributed by atoms with Gasteiger partial charge in [0.2, 0.25) is 0 Å². The molecule has 0 spiro atoms. The third-order valence-corrected chi connectivity index (χ3v) is 7.01. The largest absolute Gasteiger partial charge is 0.530 e. The Labute approximate surface area is 177 Å². The van der Waals surface area contributed by atoms with Crippen LogP contribution in [0.5, 0.6) is 5.75 Å². The first-order valence-corrected chi connectivity index (χ1v) is 11.3. The van der Waals surface area contributed by atoms with Crippen LogP contribution in [0.15, 0.2) is 39.1 Å². The number of para-hydroxylation sites is 1. The van der Waals surface area contributed by atoms with Crippen LogP contribution in [0.1, 0.15) is 35.6 Å². The molecule has 31 heavy (non-hydrogen) atoms. The number of fused-ring (bicyclic) bond motifs is 1. The van der Waals surface area contributed by atoms with Crippen molar-refractivity contribution in [1.29, 1.82) is 0 Å². The molecule has 2 aliphatic rings. The fourth-order valence-electron chi connectivity index (χ4n) is 4.04. The second kappa shape index (κ2) is 8.36. The minimum absolute atomic E-state index is 0.0320. The van der Waals surface area contributed by atoms with E-state index in [0.717, 1.165) is 11.1 Å². The fraction of sp³-hybridized carbons (Fsp3) is 0.474. The molecule has 0 amide bonds. The summed E-state index contributed by atoms with van der Waals surface area (Å²) in [5.74, 6) is 0.180.